The van der Waals surface area contributed by atoms with Crippen LogP contribution in [0, 0.1) is 5.92 Å². The van der Waals surface area contributed by atoms with Crippen molar-refractivity contribution in [2.24, 2.45) is 13.0 Å². The van der Waals surface area contributed by atoms with Crippen LogP contribution in [-0.2, 0) is 20.1 Å². The van der Waals surface area contributed by atoms with Crippen LogP contribution in [-0.4, -0.2) is 29.1 Å². The summed E-state index contributed by atoms with van der Waals surface area (Å²) in [6.45, 7) is 4.81. The van der Waals surface area contributed by atoms with E-state index in [0.717, 1.165) is 27.0 Å². The first-order valence-corrected chi connectivity index (χ1v) is 11.5. The Kier molecular flexibility index (Phi) is 5.60. The Morgan fingerprint density at radius 1 is 1.03 bits per heavy atom. The standard InChI is InChI=1S/C26H27N7O2/c1-16(2)14-32-24-22(25(34)31(3)26(32)35)23(18-10-7-11-19(27)12-18)33(30-24)15-21-20(13-28-29-21)17-8-5-4-6-9-17/h4-13,16H,14-15,27H2,1-3H3,(H,28,29). The molecule has 0 aliphatic carbocycles. The average molecular weight is 470 g/mol. The molecule has 3 aromatic heterocycles. The monoisotopic (exact) mass is 469 g/mol. The molecule has 35 heavy (non-hydrogen) atoms. The van der Waals surface area contributed by atoms with Gasteiger partial charge in [-0.3, -0.25) is 23.7 Å². The minimum Gasteiger partial charge on any atom is -0.399 e. The Morgan fingerprint density at radius 2 is 1.77 bits per heavy atom. The van der Waals surface area contributed by atoms with Gasteiger partial charge in [0.2, 0.25) is 0 Å². The predicted octanol–water partition coefficient (Wildman–Crippen LogP) is 3.24. The van der Waals surface area contributed by atoms with Crippen molar-refractivity contribution in [2.75, 3.05) is 5.73 Å². The Labute approximate surface area is 201 Å². The van der Waals surface area contributed by atoms with Crippen LogP contribution < -0.4 is 17.0 Å². The zero-order valence-corrected chi connectivity index (χ0v) is 19.9. The number of nitrogens with zero attached hydrogens (tertiary/aromatic N) is 5. The second-order valence-corrected chi connectivity index (χ2v) is 9.11. The number of nitrogens with one attached hydrogen (secondary N) is 1. The van der Waals surface area contributed by atoms with Crippen LogP contribution in [0.3, 0.4) is 0 Å². The van der Waals surface area contributed by atoms with Crippen molar-refractivity contribution in [3.8, 4) is 22.4 Å². The third-order valence-corrected chi connectivity index (χ3v) is 6.04. The third kappa shape index (κ3) is 3.95. The van der Waals surface area contributed by atoms with E-state index in [4.69, 9.17) is 10.8 Å². The number of aromatic nitrogens is 6. The molecule has 9 nitrogen and oxygen atoms in total. The zero-order chi connectivity index (χ0) is 24.7. The average Bonchev–Trinajstić information content (AvgIpc) is 3.46. The fourth-order valence-corrected chi connectivity index (χ4v) is 4.43. The van der Waals surface area contributed by atoms with E-state index in [1.165, 1.54) is 7.05 Å². The molecule has 3 heterocycles. The van der Waals surface area contributed by atoms with Gasteiger partial charge in [-0.2, -0.15) is 10.2 Å². The van der Waals surface area contributed by atoms with E-state index in [1.54, 1.807) is 21.5 Å². The van der Waals surface area contributed by atoms with Gasteiger partial charge in [0.05, 0.1) is 24.1 Å². The molecule has 0 aliphatic heterocycles. The van der Waals surface area contributed by atoms with Crippen molar-refractivity contribution in [1.82, 2.24) is 29.1 Å². The second-order valence-electron chi connectivity index (χ2n) is 9.11. The first kappa shape index (κ1) is 22.4. The summed E-state index contributed by atoms with van der Waals surface area (Å²) in [5.74, 6) is 0.187. The number of rotatable bonds is 6. The van der Waals surface area contributed by atoms with Crippen molar-refractivity contribution in [3.05, 3.63) is 87.3 Å². The number of H-pyrrole nitrogens is 1. The number of aromatic amines is 1. The summed E-state index contributed by atoms with van der Waals surface area (Å²) in [6.07, 6.45) is 1.78. The molecule has 0 fully saturated rings. The summed E-state index contributed by atoms with van der Waals surface area (Å²) in [5, 5.41) is 12.6. The van der Waals surface area contributed by atoms with Gasteiger partial charge >= 0.3 is 5.69 Å². The molecule has 0 saturated carbocycles. The van der Waals surface area contributed by atoms with Crippen molar-refractivity contribution >= 4 is 16.7 Å². The second kappa shape index (κ2) is 8.75. The van der Waals surface area contributed by atoms with Gasteiger partial charge in [-0.1, -0.05) is 56.3 Å². The number of hydrogen-bond donors (Lipinski definition) is 2. The highest BCUT2D eigenvalue weighted by Gasteiger charge is 2.23. The Balaban J connectivity index is 1.79. The molecular weight excluding hydrogens is 442 g/mol. The minimum atomic E-state index is -0.387. The van der Waals surface area contributed by atoms with E-state index >= 15 is 0 Å². The zero-order valence-electron chi connectivity index (χ0n) is 19.9. The summed E-state index contributed by atoms with van der Waals surface area (Å²) < 4.78 is 4.49. The molecule has 9 heteroatoms. The highest BCUT2D eigenvalue weighted by molar-refractivity contribution is 5.91. The smallest absolute Gasteiger partial charge is 0.332 e. The molecule has 2 aromatic carbocycles. The number of hydrogen-bond acceptors (Lipinski definition) is 5. The lowest BCUT2D eigenvalue weighted by atomic mass is 10.1. The molecule has 0 atom stereocenters. The molecule has 5 rings (SSSR count). The lowest BCUT2D eigenvalue weighted by Crippen LogP contribution is -2.38. The highest BCUT2D eigenvalue weighted by Crippen LogP contribution is 2.30. The van der Waals surface area contributed by atoms with Gasteiger partial charge in [0.25, 0.3) is 5.56 Å². The maximum absolute atomic E-state index is 13.4. The molecule has 3 N–H and O–H groups in total. The quantitative estimate of drug-likeness (QED) is 0.370. The third-order valence-electron chi connectivity index (χ3n) is 6.04. The minimum absolute atomic E-state index is 0.187. The number of anilines is 1. The predicted molar refractivity (Wildman–Crippen MR) is 137 cm³/mol. The Bertz CT molecular complexity index is 1640. The molecule has 0 unspecified atom stereocenters. The summed E-state index contributed by atoms with van der Waals surface area (Å²) >= 11 is 0. The molecule has 0 saturated heterocycles. The van der Waals surface area contributed by atoms with Crippen LogP contribution in [0.1, 0.15) is 19.5 Å². The van der Waals surface area contributed by atoms with Gasteiger partial charge in [0.1, 0.15) is 5.39 Å². The highest BCUT2D eigenvalue weighted by atomic mass is 16.2. The number of nitrogens with two attached hydrogens (primary N) is 1. The fraction of sp³-hybridized carbons (Fsp3) is 0.231. The van der Waals surface area contributed by atoms with Crippen LogP contribution in [0.15, 0.2) is 70.4 Å². The van der Waals surface area contributed by atoms with Gasteiger partial charge in [0, 0.05) is 30.4 Å². The summed E-state index contributed by atoms with van der Waals surface area (Å²) in [6, 6.07) is 17.3. The first-order chi connectivity index (χ1) is 16.8. The van der Waals surface area contributed by atoms with Crippen molar-refractivity contribution in [2.45, 2.75) is 26.9 Å². The number of nitrogen functional groups attached to an aromatic ring is 1. The molecule has 0 aliphatic rings. The van der Waals surface area contributed by atoms with Crippen molar-refractivity contribution < 1.29 is 0 Å². The topological polar surface area (TPSA) is 117 Å². The normalized spacial score (nSPS) is 11.5. The van der Waals surface area contributed by atoms with Crippen molar-refractivity contribution in [3.63, 3.8) is 0 Å². The number of fused-ring (bicyclic) bond motifs is 1. The van der Waals surface area contributed by atoms with E-state index in [-0.39, 0.29) is 17.2 Å². The summed E-state index contributed by atoms with van der Waals surface area (Å²) in [5.41, 5.74) is 10.4. The van der Waals surface area contributed by atoms with E-state index in [2.05, 4.69) is 10.2 Å². The molecule has 178 valence electrons. The fourth-order valence-electron chi connectivity index (χ4n) is 4.43. The maximum atomic E-state index is 13.4. The van der Waals surface area contributed by atoms with Gasteiger partial charge in [-0.05, 0) is 23.6 Å². The van der Waals surface area contributed by atoms with Gasteiger partial charge < -0.3 is 5.73 Å². The van der Waals surface area contributed by atoms with Gasteiger partial charge in [0.15, 0.2) is 5.65 Å². The summed E-state index contributed by atoms with van der Waals surface area (Å²) in [7, 11) is 1.50. The molecule has 5 aromatic rings. The Morgan fingerprint density at radius 3 is 2.49 bits per heavy atom. The van der Waals surface area contributed by atoms with Crippen LogP contribution in [0.5, 0.6) is 0 Å². The van der Waals surface area contributed by atoms with Crippen LogP contribution in [0.25, 0.3) is 33.4 Å². The van der Waals surface area contributed by atoms with E-state index in [0.29, 0.717) is 35.5 Å². The lowest BCUT2D eigenvalue weighted by molar-refractivity contribution is 0.497. The van der Waals surface area contributed by atoms with Crippen LogP contribution >= 0.6 is 0 Å². The van der Waals surface area contributed by atoms with Crippen molar-refractivity contribution in [1.29, 1.82) is 0 Å². The number of benzene rings is 2. The Hall–Kier alpha value is -4.40. The van der Waals surface area contributed by atoms with Gasteiger partial charge in [-0.25, -0.2) is 4.79 Å². The van der Waals surface area contributed by atoms with E-state index in [1.807, 2.05) is 62.4 Å². The first-order valence-electron chi connectivity index (χ1n) is 11.5. The lowest BCUT2D eigenvalue weighted by Gasteiger charge is -2.11. The SMILES string of the molecule is CC(C)Cn1c(=O)n(C)c(=O)c2c(-c3cccc(N)c3)n(Cc3[nH]ncc3-c3ccccc3)nc21. The van der Waals surface area contributed by atoms with E-state index < -0.39 is 0 Å². The molecule has 0 spiro atoms. The molecular formula is C26H27N7O2. The summed E-state index contributed by atoms with van der Waals surface area (Å²) in [4.78, 5) is 26.5. The van der Waals surface area contributed by atoms with Crippen LogP contribution in [0.4, 0.5) is 5.69 Å². The molecule has 0 radical (unpaired) electrons. The maximum Gasteiger partial charge on any atom is 0.332 e. The molecule has 0 amide bonds. The molecule has 0 bridgehead atoms. The van der Waals surface area contributed by atoms with Crippen LogP contribution in [0.2, 0.25) is 0 Å². The van der Waals surface area contributed by atoms with E-state index in [9.17, 15) is 9.59 Å². The van der Waals surface area contributed by atoms with Gasteiger partial charge in [-0.15, -0.1) is 0 Å². The largest absolute Gasteiger partial charge is 0.399 e.